The molecule has 0 amide bonds. The van der Waals surface area contributed by atoms with Crippen LogP contribution in [0.2, 0.25) is 0 Å². The number of anilines is 2. The van der Waals surface area contributed by atoms with Crippen molar-refractivity contribution < 1.29 is 9.85 Å². The lowest BCUT2D eigenvalue weighted by atomic mass is 10.1. The molecule has 0 saturated heterocycles. The van der Waals surface area contributed by atoms with Crippen molar-refractivity contribution in [2.24, 2.45) is 0 Å². The van der Waals surface area contributed by atoms with Crippen molar-refractivity contribution in [1.29, 1.82) is 0 Å². The summed E-state index contributed by atoms with van der Waals surface area (Å²) in [6.07, 6.45) is 3.51. The third-order valence-corrected chi connectivity index (χ3v) is 4.01. The van der Waals surface area contributed by atoms with Gasteiger partial charge in [0.1, 0.15) is 0 Å². The molecule has 26 heavy (non-hydrogen) atoms. The molecule has 0 bridgehead atoms. The summed E-state index contributed by atoms with van der Waals surface area (Å²) in [6, 6.07) is 9.66. The lowest BCUT2D eigenvalue weighted by Gasteiger charge is -2.25. The van der Waals surface area contributed by atoms with E-state index in [4.69, 9.17) is 0 Å². The van der Waals surface area contributed by atoms with Crippen molar-refractivity contribution in [3.63, 3.8) is 0 Å². The Morgan fingerprint density at radius 3 is 1.46 bits per heavy atom. The molecule has 4 N–H and O–H groups in total. The molecule has 1 aliphatic heterocycles. The maximum absolute atomic E-state index is 11.2. The van der Waals surface area contributed by atoms with Gasteiger partial charge < -0.3 is 20.6 Å². The number of hydrogen-bond donors (Lipinski definition) is 4. The van der Waals surface area contributed by atoms with Crippen LogP contribution < -0.4 is 10.6 Å². The summed E-state index contributed by atoms with van der Waals surface area (Å²) in [5.41, 5.74) is 2.45. The van der Waals surface area contributed by atoms with Gasteiger partial charge in [-0.3, -0.25) is 20.2 Å². The molecule has 4 rings (SSSR count). The van der Waals surface area contributed by atoms with E-state index in [-0.39, 0.29) is 0 Å². The quantitative estimate of drug-likeness (QED) is 0.418. The molecule has 0 aliphatic carbocycles. The zero-order valence-corrected chi connectivity index (χ0v) is 13.1. The highest BCUT2D eigenvalue weighted by atomic mass is 16.6. The minimum atomic E-state index is -0.765. The van der Waals surface area contributed by atoms with Crippen LogP contribution in [0.1, 0.15) is 11.4 Å². The Morgan fingerprint density at radius 2 is 1.15 bits per heavy atom. The molecule has 1 aromatic carbocycles. The second-order valence-electron chi connectivity index (χ2n) is 5.57. The number of fused-ring (bicyclic) bond motifs is 1. The molecule has 3 aromatic rings. The fourth-order valence-corrected chi connectivity index (χ4v) is 2.85. The van der Waals surface area contributed by atoms with Gasteiger partial charge in [0, 0.05) is 24.5 Å². The summed E-state index contributed by atoms with van der Waals surface area (Å²) >= 11 is 0. The number of aromatic amines is 2. The maximum Gasteiger partial charge on any atom is 0.348 e. The van der Waals surface area contributed by atoms with E-state index in [2.05, 4.69) is 20.6 Å². The normalized spacial score (nSPS) is 12.9. The Labute approximate surface area is 145 Å². The molecular weight excluding hydrogens is 340 g/mol. The van der Waals surface area contributed by atoms with Crippen LogP contribution in [0.4, 0.5) is 22.7 Å². The molecule has 10 heteroatoms. The molecule has 0 atom stereocenters. The lowest BCUT2D eigenvalue weighted by Crippen LogP contribution is -2.16. The van der Waals surface area contributed by atoms with Gasteiger partial charge in [-0.2, -0.15) is 0 Å². The summed E-state index contributed by atoms with van der Waals surface area (Å²) in [7, 11) is 0. The SMILES string of the molecule is O=[N+]([O-])c1cc2c(cc1[N+](=O)[O-])NC(c1ccc[nH]1)=C(c1ccc[nH]1)N2. The molecule has 0 radical (unpaired) electrons. The number of nitrogens with one attached hydrogen (secondary N) is 4. The van der Waals surface area contributed by atoms with Crippen LogP contribution in [-0.2, 0) is 0 Å². The molecule has 0 fully saturated rings. The van der Waals surface area contributed by atoms with Crippen molar-refractivity contribution in [3.8, 4) is 0 Å². The fourth-order valence-electron chi connectivity index (χ4n) is 2.85. The third kappa shape index (κ3) is 2.45. The average molecular weight is 352 g/mol. The van der Waals surface area contributed by atoms with Gasteiger partial charge in [-0.05, 0) is 24.3 Å². The van der Waals surface area contributed by atoms with Gasteiger partial charge in [-0.15, -0.1) is 0 Å². The number of H-pyrrole nitrogens is 2. The van der Waals surface area contributed by atoms with Crippen LogP contribution in [0, 0.1) is 20.2 Å². The van der Waals surface area contributed by atoms with Crippen molar-refractivity contribution in [2.45, 2.75) is 0 Å². The van der Waals surface area contributed by atoms with Crippen LogP contribution >= 0.6 is 0 Å². The Kier molecular flexibility index (Phi) is 3.43. The molecule has 10 nitrogen and oxygen atoms in total. The van der Waals surface area contributed by atoms with E-state index in [0.717, 1.165) is 23.5 Å². The van der Waals surface area contributed by atoms with Gasteiger partial charge >= 0.3 is 11.4 Å². The Balaban J connectivity index is 1.89. The number of benzene rings is 1. The van der Waals surface area contributed by atoms with E-state index in [1.54, 1.807) is 12.4 Å². The molecule has 130 valence electrons. The maximum atomic E-state index is 11.2. The van der Waals surface area contributed by atoms with Gasteiger partial charge in [-0.1, -0.05) is 0 Å². The topological polar surface area (TPSA) is 142 Å². The summed E-state index contributed by atoms with van der Waals surface area (Å²) in [5, 5.41) is 28.7. The molecule has 1 aliphatic rings. The predicted molar refractivity (Wildman–Crippen MR) is 95.4 cm³/mol. The van der Waals surface area contributed by atoms with E-state index in [1.807, 2.05) is 24.3 Å². The van der Waals surface area contributed by atoms with Crippen LogP contribution in [0.5, 0.6) is 0 Å². The highest BCUT2D eigenvalue weighted by Gasteiger charge is 2.30. The summed E-state index contributed by atoms with van der Waals surface area (Å²) in [5.74, 6) is 0. The first-order valence-corrected chi connectivity index (χ1v) is 7.57. The van der Waals surface area contributed by atoms with Crippen LogP contribution in [0.25, 0.3) is 11.4 Å². The number of nitrogens with zero attached hydrogens (tertiary/aromatic N) is 2. The molecule has 3 heterocycles. The number of aromatic nitrogens is 2. The smallest absolute Gasteiger partial charge is 0.348 e. The first kappa shape index (κ1) is 15.4. The summed E-state index contributed by atoms with van der Waals surface area (Å²) in [4.78, 5) is 27.0. The third-order valence-electron chi connectivity index (χ3n) is 4.01. The standard InChI is InChI=1S/C16H12N6O4/c23-21(24)13-7-11-12(8-14(13)22(25)26)20-16(10-4-2-6-18-10)15(19-11)9-3-1-5-17-9/h1-8,17-20H. The number of hydrogen-bond acceptors (Lipinski definition) is 6. The number of nitro benzene ring substituents is 2. The van der Waals surface area contributed by atoms with E-state index < -0.39 is 21.2 Å². The minimum absolute atomic E-state index is 0.377. The van der Waals surface area contributed by atoms with Gasteiger partial charge in [0.15, 0.2) is 0 Å². The molecule has 0 unspecified atom stereocenters. The van der Waals surface area contributed by atoms with Crippen molar-refractivity contribution in [3.05, 3.63) is 80.4 Å². The first-order valence-electron chi connectivity index (χ1n) is 7.57. The summed E-state index contributed by atoms with van der Waals surface area (Å²) in [6.45, 7) is 0. The first-order chi connectivity index (χ1) is 12.5. The van der Waals surface area contributed by atoms with Crippen molar-refractivity contribution in [2.75, 3.05) is 10.6 Å². The van der Waals surface area contributed by atoms with Crippen LogP contribution in [-0.4, -0.2) is 19.8 Å². The zero-order chi connectivity index (χ0) is 18.3. The van der Waals surface area contributed by atoms with Gasteiger partial charge in [-0.25, -0.2) is 0 Å². The molecule has 2 aromatic heterocycles. The van der Waals surface area contributed by atoms with Crippen molar-refractivity contribution >= 4 is 34.1 Å². The van der Waals surface area contributed by atoms with E-state index >= 15 is 0 Å². The molecular formula is C16H12N6O4. The fraction of sp³-hybridized carbons (Fsp3) is 0. The van der Waals surface area contributed by atoms with Gasteiger partial charge in [0.05, 0.1) is 44.0 Å². The molecule has 0 spiro atoms. The van der Waals surface area contributed by atoms with Crippen molar-refractivity contribution in [1.82, 2.24) is 9.97 Å². The van der Waals surface area contributed by atoms with Crippen LogP contribution in [0.3, 0.4) is 0 Å². The molecule has 0 saturated carbocycles. The number of rotatable bonds is 4. The zero-order valence-electron chi connectivity index (χ0n) is 13.1. The highest BCUT2D eigenvalue weighted by Crippen LogP contribution is 2.42. The monoisotopic (exact) mass is 352 g/mol. The Morgan fingerprint density at radius 1 is 0.731 bits per heavy atom. The van der Waals surface area contributed by atoms with Gasteiger partial charge in [0.2, 0.25) is 0 Å². The highest BCUT2D eigenvalue weighted by molar-refractivity contribution is 6.05. The second-order valence-corrected chi connectivity index (χ2v) is 5.57. The Hall–Kier alpha value is -4.08. The number of nitro groups is 2. The predicted octanol–water partition coefficient (Wildman–Crippen LogP) is 3.52. The average Bonchev–Trinajstić information content (AvgIpc) is 3.32. The lowest BCUT2D eigenvalue weighted by molar-refractivity contribution is -0.422. The summed E-state index contributed by atoms with van der Waals surface area (Å²) < 4.78 is 0. The largest absolute Gasteiger partial charge is 0.360 e. The Bertz CT molecular complexity index is 954. The van der Waals surface area contributed by atoms with Crippen LogP contribution in [0.15, 0.2) is 48.8 Å². The van der Waals surface area contributed by atoms with E-state index in [9.17, 15) is 20.2 Å². The van der Waals surface area contributed by atoms with Gasteiger partial charge in [0.25, 0.3) is 0 Å². The second kappa shape index (κ2) is 5.77. The van der Waals surface area contributed by atoms with E-state index in [0.29, 0.717) is 22.8 Å². The minimum Gasteiger partial charge on any atom is -0.360 e. The van der Waals surface area contributed by atoms with E-state index in [1.165, 1.54) is 0 Å².